The van der Waals surface area contributed by atoms with Crippen LogP contribution in [0.3, 0.4) is 0 Å². The molecule has 0 fully saturated rings. The second-order valence-electron chi connectivity index (χ2n) is 4.98. The van der Waals surface area contributed by atoms with Crippen LogP contribution < -0.4 is 0 Å². The molecule has 0 aliphatic heterocycles. The van der Waals surface area contributed by atoms with Crippen LogP contribution in [0.5, 0.6) is 0 Å². The molecule has 0 amide bonds. The van der Waals surface area contributed by atoms with Crippen molar-refractivity contribution in [1.82, 2.24) is 14.4 Å². The zero-order valence-corrected chi connectivity index (χ0v) is 12.5. The minimum atomic E-state index is 0.0524. The molecule has 3 aromatic heterocycles. The molecule has 0 bridgehead atoms. The number of rotatable bonds is 3. The summed E-state index contributed by atoms with van der Waals surface area (Å²) >= 11 is 1.69. The van der Waals surface area contributed by atoms with Gasteiger partial charge in [0.2, 0.25) is 0 Å². The van der Waals surface area contributed by atoms with E-state index in [-0.39, 0.29) is 6.61 Å². The number of hydrogen-bond donors (Lipinski definition) is 1. The average molecular weight is 307 g/mol. The van der Waals surface area contributed by atoms with E-state index in [4.69, 9.17) is 5.11 Å². The molecule has 0 radical (unpaired) electrons. The quantitative estimate of drug-likeness (QED) is 0.629. The first kappa shape index (κ1) is 13.2. The highest BCUT2D eigenvalue weighted by atomic mass is 32.1. The van der Waals surface area contributed by atoms with Gasteiger partial charge >= 0.3 is 0 Å². The Kier molecular flexibility index (Phi) is 3.21. The Labute approximate surface area is 131 Å². The third-order valence-electron chi connectivity index (χ3n) is 3.60. The molecule has 4 rings (SSSR count). The third-order valence-corrected chi connectivity index (χ3v) is 4.49. The topological polar surface area (TPSA) is 50.4 Å². The lowest BCUT2D eigenvalue weighted by molar-refractivity contribution is 0.282. The molecule has 4 aromatic rings. The first-order valence-electron chi connectivity index (χ1n) is 6.92. The molecular weight excluding hydrogens is 294 g/mol. The van der Waals surface area contributed by atoms with E-state index in [9.17, 15) is 0 Å². The van der Waals surface area contributed by atoms with Crippen LogP contribution in [0.2, 0.25) is 0 Å². The maximum atomic E-state index is 9.13. The molecule has 0 saturated heterocycles. The molecule has 0 aliphatic rings. The highest BCUT2D eigenvalue weighted by Gasteiger charge is 2.09. The van der Waals surface area contributed by atoms with E-state index in [0.29, 0.717) is 0 Å². The van der Waals surface area contributed by atoms with Gasteiger partial charge in [-0.25, -0.2) is 4.98 Å². The van der Waals surface area contributed by atoms with E-state index in [0.717, 1.165) is 28.2 Å². The summed E-state index contributed by atoms with van der Waals surface area (Å²) < 4.78 is 2.06. The van der Waals surface area contributed by atoms with Crippen LogP contribution in [0.15, 0.2) is 60.4 Å². The van der Waals surface area contributed by atoms with Gasteiger partial charge in [-0.2, -0.15) is 0 Å². The summed E-state index contributed by atoms with van der Waals surface area (Å²) in [6, 6.07) is 11.9. The molecule has 0 atom stereocenters. The minimum Gasteiger partial charge on any atom is -0.392 e. The van der Waals surface area contributed by atoms with E-state index < -0.39 is 0 Å². The molecule has 1 N–H and O–H groups in total. The fourth-order valence-corrected chi connectivity index (χ4v) is 3.16. The van der Waals surface area contributed by atoms with Gasteiger partial charge in [-0.05, 0) is 17.0 Å². The smallest absolute Gasteiger partial charge is 0.155 e. The summed E-state index contributed by atoms with van der Waals surface area (Å²) in [5, 5.41) is 11.2. The van der Waals surface area contributed by atoms with Crippen molar-refractivity contribution in [3.8, 4) is 21.8 Å². The molecular formula is C17H13N3OS. The van der Waals surface area contributed by atoms with Gasteiger partial charge in [0.25, 0.3) is 0 Å². The second kappa shape index (κ2) is 5.36. The van der Waals surface area contributed by atoms with Crippen LogP contribution in [0.4, 0.5) is 0 Å². The lowest BCUT2D eigenvalue weighted by atomic mass is 10.1. The number of aromatic nitrogens is 3. The largest absolute Gasteiger partial charge is 0.392 e. The van der Waals surface area contributed by atoms with Crippen LogP contribution in [0.1, 0.15) is 5.56 Å². The van der Waals surface area contributed by atoms with Crippen molar-refractivity contribution >= 4 is 17.0 Å². The maximum Gasteiger partial charge on any atom is 0.155 e. The van der Waals surface area contributed by atoms with Crippen molar-refractivity contribution in [2.24, 2.45) is 0 Å². The van der Waals surface area contributed by atoms with Crippen LogP contribution in [-0.4, -0.2) is 19.5 Å². The summed E-state index contributed by atoms with van der Waals surface area (Å²) in [5.41, 5.74) is 4.70. The molecule has 0 aliphatic carbocycles. The van der Waals surface area contributed by atoms with Gasteiger partial charge in [-0.1, -0.05) is 30.3 Å². The fourth-order valence-electron chi connectivity index (χ4n) is 2.43. The molecule has 0 unspecified atom stereocenters. The van der Waals surface area contributed by atoms with E-state index >= 15 is 0 Å². The van der Waals surface area contributed by atoms with Crippen LogP contribution >= 0.6 is 11.3 Å². The Morgan fingerprint density at radius 3 is 2.64 bits per heavy atom. The van der Waals surface area contributed by atoms with Crippen molar-refractivity contribution in [1.29, 1.82) is 0 Å². The van der Waals surface area contributed by atoms with Crippen LogP contribution in [0, 0.1) is 0 Å². The van der Waals surface area contributed by atoms with Crippen molar-refractivity contribution in [2.75, 3.05) is 0 Å². The molecule has 108 valence electrons. The maximum absolute atomic E-state index is 9.13. The molecule has 1 aromatic carbocycles. The Hall–Kier alpha value is -2.50. The lowest BCUT2D eigenvalue weighted by Gasteiger charge is -2.05. The Morgan fingerprint density at radius 1 is 1.05 bits per heavy atom. The summed E-state index contributed by atoms with van der Waals surface area (Å²) in [6.45, 7) is 0.0524. The van der Waals surface area contributed by atoms with Gasteiger partial charge in [-0.3, -0.25) is 9.38 Å². The van der Waals surface area contributed by atoms with E-state index in [1.54, 1.807) is 17.5 Å². The lowest BCUT2D eigenvalue weighted by Crippen LogP contribution is -1.92. The molecule has 22 heavy (non-hydrogen) atoms. The highest BCUT2D eigenvalue weighted by molar-refractivity contribution is 7.13. The van der Waals surface area contributed by atoms with Crippen LogP contribution in [0.25, 0.3) is 27.5 Å². The predicted molar refractivity (Wildman–Crippen MR) is 87.7 cm³/mol. The van der Waals surface area contributed by atoms with Crippen molar-refractivity contribution < 1.29 is 5.11 Å². The number of thiophene rings is 1. The Morgan fingerprint density at radius 2 is 1.91 bits per heavy atom. The molecule has 3 heterocycles. The molecule has 0 spiro atoms. The number of benzene rings is 1. The Balaban J connectivity index is 1.83. The number of aliphatic hydroxyl groups is 1. The standard InChI is InChI=1S/C17H13N3OS/c21-11-12-3-5-13(6-4-12)14-10-20-15(16-2-1-7-22-16)8-19-17(20)9-18-14/h1-10,21H,11H2. The first-order chi connectivity index (χ1) is 10.8. The SMILES string of the molecule is OCc1ccc(-c2cn3c(-c4cccs4)cnc3cn2)cc1. The second-order valence-corrected chi connectivity index (χ2v) is 5.92. The average Bonchev–Trinajstić information content (AvgIpc) is 3.23. The molecule has 0 saturated carbocycles. The van der Waals surface area contributed by atoms with E-state index in [2.05, 4.69) is 25.8 Å². The van der Waals surface area contributed by atoms with E-state index in [1.807, 2.05) is 42.7 Å². The van der Waals surface area contributed by atoms with Crippen molar-refractivity contribution in [3.63, 3.8) is 0 Å². The van der Waals surface area contributed by atoms with E-state index in [1.165, 1.54) is 4.88 Å². The van der Waals surface area contributed by atoms with Crippen molar-refractivity contribution in [2.45, 2.75) is 6.61 Å². The highest BCUT2D eigenvalue weighted by Crippen LogP contribution is 2.27. The monoisotopic (exact) mass is 307 g/mol. The minimum absolute atomic E-state index is 0.0524. The van der Waals surface area contributed by atoms with Gasteiger partial charge < -0.3 is 5.11 Å². The van der Waals surface area contributed by atoms with Gasteiger partial charge in [0.15, 0.2) is 5.65 Å². The van der Waals surface area contributed by atoms with Gasteiger partial charge in [0, 0.05) is 11.8 Å². The molecule has 4 nitrogen and oxygen atoms in total. The van der Waals surface area contributed by atoms with Gasteiger partial charge in [-0.15, -0.1) is 11.3 Å². The Bertz CT molecular complexity index is 911. The van der Waals surface area contributed by atoms with Crippen LogP contribution in [-0.2, 0) is 6.61 Å². The zero-order chi connectivity index (χ0) is 14.9. The number of fused-ring (bicyclic) bond motifs is 1. The number of hydrogen-bond acceptors (Lipinski definition) is 4. The number of imidazole rings is 1. The summed E-state index contributed by atoms with van der Waals surface area (Å²) in [7, 11) is 0. The summed E-state index contributed by atoms with van der Waals surface area (Å²) in [4.78, 5) is 10.1. The zero-order valence-electron chi connectivity index (χ0n) is 11.7. The molecule has 5 heteroatoms. The fraction of sp³-hybridized carbons (Fsp3) is 0.0588. The normalized spacial score (nSPS) is 11.1. The predicted octanol–water partition coefficient (Wildman–Crippen LogP) is 3.62. The summed E-state index contributed by atoms with van der Waals surface area (Å²) in [6.07, 6.45) is 5.67. The van der Waals surface area contributed by atoms with Gasteiger partial charge in [0.1, 0.15) is 0 Å². The number of aliphatic hydroxyl groups excluding tert-OH is 1. The number of nitrogens with zero attached hydrogens (tertiary/aromatic N) is 3. The van der Waals surface area contributed by atoms with Crippen molar-refractivity contribution in [3.05, 3.63) is 65.9 Å². The first-order valence-corrected chi connectivity index (χ1v) is 7.80. The van der Waals surface area contributed by atoms with Gasteiger partial charge in [0.05, 0.1) is 35.3 Å². The third kappa shape index (κ3) is 2.20. The summed E-state index contributed by atoms with van der Waals surface area (Å²) in [5.74, 6) is 0.